The molecule has 0 spiro atoms. The molecule has 2 fully saturated rings. The normalized spacial score (nSPS) is 30.9. The molecule has 1 aromatic rings. The number of aromatic nitrogens is 2. The van der Waals surface area contributed by atoms with E-state index in [0.717, 1.165) is 50.9 Å². The zero-order valence-electron chi connectivity index (χ0n) is 10.2. The summed E-state index contributed by atoms with van der Waals surface area (Å²) < 4.78 is 10.8. The lowest BCUT2D eigenvalue weighted by atomic mass is 9.97. The Bertz CT molecular complexity index is 374. The van der Waals surface area contributed by atoms with Crippen molar-refractivity contribution in [3.8, 4) is 0 Å². The minimum Gasteiger partial charge on any atom is -0.381 e. The van der Waals surface area contributed by atoms with Crippen molar-refractivity contribution in [1.82, 2.24) is 15.5 Å². The van der Waals surface area contributed by atoms with Gasteiger partial charge in [0.15, 0.2) is 5.82 Å². The highest BCUT2D eigenvalue weighted by Gasteiger charge is 2.31. The van der Waals surface area contributed by atoms with Crippen LogP contribution in [0.4, 0.5) is 0 Å². The first kappa shape index (κ1) is 11.2. The van der Waals surface area contributed by atoms with Crippen molar-refractivity contribution in [3.05, 3.63) is 11.7 Å². The summed E-state index contributed by atoms with van der Waals surface area (Å²) >= 11 is 0. The van der Waals surface area contributed by atoms with Crippen LogP contribution in [0.25, 0.3) is 0 Å². The van der Waals surface area contributed by atoms with Crippen molar-refractivity contribution in [3.63, 3.8) is 0 Å². The van der Waals surface area contributed by atoms with Gasteiger partial charge >= 0.3 is 0 Å². The Hall–Kier alpha value is -0.940. The van der Waals surface area contributed by atoms with Crippen LogP contribution in [0.1, 0.15) is 43.3 Å². The number of hydrogen-bond donors (Lipinski definition) is 1. The first-order valence-corrected chi connectivity index (χ1v) is 6.46. The summed E-state index contributed by atoms with van der Waals surface area (Å²) in [4.78, 5) is 4.59. The predicted octanol–water partition coefficient (Wildman–Crippen LogP) is 1.29. The standard InChI is InChI=1S/C12H19N3O2/c1-8-6-13-7-10(8)12-14-11(15-17-12)9-2-4-16-5-3-9/h8-10,13H,2-7H2,1H3. The molecule has 5 nitrogen and oxygen atoms in total. The van der Waals surface area contributed by atoms with Crippen molar-refractivity contribution >= 4 is 0 Å². The van der Waals surface area contributed by atoms with Gasteiger partial charge in [-0.2, -0.15) is 4.98 Å². The summed E-state index contributed by atoms with van der Waals surface area (Å²) in [7, 11) is 0. The van der Waals surface area contributed by atoms with Gasteiger partial charge in [0.05, 0.1) is 5.92 Å². The molecule has 0 aromatic carbocycles. The van der Waals surface area contributed by atoms with E-state index in [2.05, 4.69) is 22.4 Å². The Balaban J connectivity index is 1.73. The summed E-state index contributed by atoms with van der Waals surface area (Å²) in [5.41, 5.74) is 0. The van der Waals surface area contributed by atoms with Crippen LogP contribution in [0.15, 0.2) is 4.52 Å². The van der Waals surface area contributed by atoms with Gasteiger partial charge in [-0.05, 0) is 25.3 Å². The predicted molar refractivity (Wildman–Crippen MR) is 61.9 cm³/mol. The van der Waals surface area contributed by atoms with Crippen LogP contribution in [0.2, 0.25) is 0 Å². The smallest absolute Gasteiger partial charge is 0.231 e. The fourth-order valence-corrected chi connectivity index (χ4v) is 2.66. The maximum Gasteiger partial charge on any atom is 0.231 e. The average Bonchev–Trinajstić information content (AvgIpc) is 2.98. The number of nitrogens with one attached hydrogen (secondary N) is 1. The molecule has 2 aliphatic heterocycles. The third kappa shape index (κ3) is 2.21. The summed E-state index contributed by atoms with van der Waals surface area (Å²) in [6, 6.07) is 0. The van der Waals surface area contributed by atoms with E-state index in [1.165, 1.54) is 0 Å². The highest BCUT2D eigenvalue weighted by atomic mass is 16.5. The second-order valence-corrected chi connectivity index (χ2v) is 5.12. The van der Waals surface area contributed by atoms with Crippen molar-refractivity contribution in [2.75, 3.05) is 26.3 Å². The Kier molecular flexibility index (Phi) is 3.11. The van der Waals surface area contributed by atoms with Gasteiger partial charge in [-0.3, -0.25) is 0 Å². The van der Waals surface area contributed by atoms with Crippen LogP contribution in [-0.2, 0) is 4.74 Å². The van der Waals surface area contributed by atoms with Crippen LogP contribution in [0.3, 0.4) is 0 Å². The van der Waals surface area contributed by atoms with Crippen LogP contribution in [-0.4, -0.2) is 36.4 Å². The molecule has 0 amide bonds. The minimum absolute atomic E-state index is 0.385. The lowest BCUT2D eigenvalue weighted by Gasteiger charge is -2.18. The lowest BCUT2D eigenvalue weighted by molar-refractivity contribution is 0.0830. The first-order chi connectivity index (χ1) is 8.34. The molecule has 2 unspecified atom stereocenters. The lowest BCUT2D eigenvalue weighted by Crippen LogP contribution is -2.15. The van der Waals surface area contributed by atoms with Crippen molar-refractivity contribution < 1.29 is 9.26 Å². The molecule has 0 aliphatic carbocycles. The molecule has 1 aromatic heterocycles. The van der Waals surface area contributed by atoms with E-state index < -0.39 is 0 Å². The van der Waals surface area contributed by atoms with Crippen molar-refractivity contribution in [2.45, 2.75) is 31.6 Å². The molecule has 3 rings (SSSR count). The Morgan fingerprint density at radius 2 is 2.06 bits per heavy atom. The van der Waals surface area contributed by atoms with Crippen molar-refractivity contribution in [1.29, 1.82) is 0 Å². The molecule has 17 heavy (non-hydrogen) atoms. The Morgan fingerprint density at radius 3 is 2.76 bits per heavy atom. The van der Waals surface area contributed by atoms with Gasteiger partial charge < -0.3 is 14.6 Å². The zero-order chi connectivity index (χ0) is 11.7. The van der Waals surface area contributed by atoms with Crippen molar-refractivity contribution in [2.24, 2.45) is 5.92 Å². The summed E-state index contributed by atoms with van der Waals surface area (Å²) in [5.74, 6) is 3.08. The quantitative estimate of drug-likeness (QED) is 0.839. The second kappa shape index (κ2) is 4.74. The van der Waals surface area contributed by atoms with Gasteiger partial charge in [0, 0.05) is 25.7 Å². The van der Waals surface area contributed by atoms with E-state index in [9.17, 15) is 0 Å². The molecule has 0 radical (unpaired) electrons. The fraction of sp³-hybridized carbons (Fsp3) is 0.833. The summed E-state index contributed by atoms with van der Waals surface area (Å²) in [6.07, 6.45) is 2.02. The zero-order valence-corrected chi connectivity index (χ0v) is 10.2. The van der Waals surface area contributed by atoms with E-state index in [1.54, 1.807) is 0 Å². The first-order valence-electron chi connectivity index (χ1n) is 6.46. The Morgan fingerprint density at radius 1 is 1.24 bits per heavy atom. The van der Waals surface area contributed by atoms with Gasteiger partial charge in [-0.25, -0.2) is 0 Å². The summed E-state index contributed by atoms with van der Waals surface area (Å²) in [5, 5.41) is 7.51. The Labute approximate surface area is 101 Å². The molecule has 94 valence electrons. The van der Waals surface area contributed by atoms with Gasteiger partial charge in [0.25, 0.3) is 0 Å². The highest BCUT2D eigenvalue weighted by Crippen LogP contribution is 2.29. The molecule has 2 aliphatic rings. The van der Waals surface area contributed by atoms with Gasteiger partial charge in [-0.1, -0.05) is 12.1 Å². The molecule has 5 heteroatoms. The topological polar surface area (TPSA) is 60.2 Å². The van der Waals surface area contributed by atoms with E-state index in [1.807, 2.05) is 0 Å². The van der Waals surface area contributed by atoms with Crippen LogP contribution < -0.4 is 5.32 Å². The second-order valence-electron chi connectivity index (χ2n) is 5.12. The molecular weight excluding hydrogens is 218 g/mol. The number of hydrogen-bond acceptors (Lipinski definition) is 5. The summed E-state index contributed by atoms with van der Waals surface area (Å²) in [6.45, 7) is 5.85. The molecule has 2 saturated heterocycles. The molecule has 1 N–H and O–H groups in total. The largest absolute Gasteiger partial charge is 0.381 e. The number of ether oxygens (including phenoxy) is 1. The average molecular weight is 237 g/mol. The molecule has 2 atom stereocenters. The van der Waals surface area contributed by atoms with Gasteiger partial charge in [0.2, 0.25) is 5.89 Å². The molecule has 0 saturated carbocycles. The minimum atomic E-state index is 0.385. The number of nitrogens with zero attached hydrogens (tertiary/aromatic N) is 2. The van der Waals surface area contributed by atoms with E-state index >= 15 is 0 Å². The van der Waals surface area contributed by atoms with E-state index in [-0.39, 0.29) is 0 Å². The maximum absolute atomic E-state index is 5.43. The fourth-order valence-electron chi connectivity index (χ4n) is 2.66. The van der Waals surface area contributed by atoms with E-state index in [0.29, 0.717) is 17.8 Å². The van der Waals surface area contributed by atoms with Gasteiger partial charge in [0.1, 0.15) is 0 Å². The SMILES string of the molecule is CC1CNCC1c1nc(C2CCOCC2)no1. The molecular formula is C12H19N3O2. The third-order valence-corrected chi connectivity index (χ3v) is 3.88. The highest BCUT2D eigenvalue weighted by molar-refractivity contribution is 5.04. The van der Waals surface area contributed by atoms with E-state index in [4.69, 9.17) is 9.26 Å². The monoisotopic (exact) mass is 237 g/mol. The third-order valence-electron chi connectivity index (χ3n) is 3.88. The number of rotatable bonds is 2. The van der Waals surface area contributed by atoms with Crippen LogP contribution >= 0.6 is 0 Å². The molecule has 3 heterocycles. The van der Waals surface area contributed by atoms with Gasteiger partial charge in [-0.15, -0.1) is 0 Å². The van der Waals surface area contributed by atoms with Crippen LogP contribution in [0, 0.1) is 5.92 Å². The van der Waals surface area contributed by atoms with Crippen LogP contribution in [0.5, 0.6) is 0 Å². The maximum atomic E-state index is 5.43. The molecule has 0 bridgehead atoms.